The molecule has 94 valence electrons. The van der Waals surface area contributed by atoms with Crippen LogP contribution in [0, 0.1) is 19.3 Å². The highest BCUT2D eigenvalue weighted by Crippen LogP contribution is 2.17. The number of anilines is 1. The Bertz CT molecular complexity index is 415. The van der Waals surface area contributed by atoms with Crippen LogP contribution in [-0.2, 0) is 4.79 Å². The van der Waals surface area contributed by atoms with E-state index in [9.17, 15) is 4.79 Å². The lowest BCUT2D eigenvalue weighted by molar-refractivity contribution is -0.128. The van der Waals surface area contributed by atoms with Gasteiger partial charge in [-0.05, 0) is 27.7 Å². The van der Waals surface area contributed by atoms with Crippen LogP contribution in [-0.4, -0.2) is 29.5 Å². The van der Waals surface area contributed by atoms with Crippen molar-refractivity contribution < 1.29 is 4.79 Å². The van der Waals surface area contributed by atoms with E-state index in [-0.39, 0.29) is 5.91 Å². The molecule has 0 spiro atoms. The molecule has 0 saturated heterocycles. The third-order valence-corrected chi connectivity index (χ3v) is 2.62. The van der Waals surface area contributed by atoms with Crippen molar-refractivity contribution >= 4 is 11.7 Å². The highest BCUT2D eigenvalue weighted by molar-refractivity contribution is 5.82. The molecule has 0 atom stereocenters. The maximum Gasteiger partial charge on any atom is 0.227 e. The Morgan fingerprint density at radius 3 is 2.65 bits per heavy atom. The van der Waals surface area contributed by atoms with Crippen molar-refractivity contribution in [2.45, 2.75) is 27.7 Å². The fraction of sp³-hybridized carbons (Fsp3) is 0.583. The Hall–Kier alpha value is -1.65. The van der Waals surface area contributed by atoms with Crippen LogP contribution in [0.25, 0.3) is 0 Å². The highest BCUT2D eigenvalue weighted by atomic mass is 16.2. The zero-order chi connectivity index (χ0) is 13.1. The fourth-order valence-electron chi connectivity index (χ4n) is 1.43. The third-order valence-electron chi connectivity index (χ3n) is 2.62. The molecule has 0 radical (unpaired) electrons. The van der Waals surface area contributed by atoms with Crippen LogP contribution in [0.15, 0.2) is 6.20 Å². The van der Waals surface area contributed by atoms with E-state index >= 15 is 0 Å². The van der Waals surface area contributed by atoms with Crippen LogP contribution < -0.4 is 10.6 Å². The molecule has 1 aromatic rings. The predicted octanol–water partition coefficient (Wildman–Crippen LogP) is 1.28. The first-order valence-corrected chi connectivity index (χ1v) is 5.63. The predicted molar refractivity (Wildman–Crippen MR) is 67.8 cm³/mol. The molecular weight excluding hydrogens is 216 g/mol. The summed E-state index contributed by atoms with van der Waals surface area (Å²) >= 11 is 0. The van der Waals surface area contributed by atoms with Gasteiger partial charge in [0, 0.05) is 19.8 Å². The van der Waals surface area contributed by atoms with Gasteiger partial charge in [-0.25, -0.2) is 4.98 Å². The maximum absolute atomic E-state index is 11.6. The van der Waals surface area contributed by atoms with E-state index in [2.05, 4.69) is 20.6 Å². The number of aryl methyl sites for hydroxylation is 2. The summed E-state index contributed by atoms with van der Waals surface area (Å²) < 4.78 is 0. The molecule has 1 aromatic heterocycles. The van der Waals surface area contributed by atoms with E-state index in [1.165, 1.54) is 0 Å². The second-order valence-electron chi connectivity index (χ2n) is 4.76. The van der Waals surface area contributed by atoms with Crippen molar-refractivity contribution in [2.75, 3.05) is 18.9 Å². The van der Waals surface area contributed by atoms with Gasteiger partial charge in [0.1, 0.15) is 5.82 Å². The zero-order valence-corrected chi connectivity index (χ0v) is 11.1. The lowest BCUT2D eigenvalue weighted by Gasteiger charge is -2.23. The van der Waals surface area contributed by atoms with Gasteiger partial charge in [0.05, 0.1) is 16.8 Å². The molecule has 0 aliphatic carbocycles. The van der Waals surface area contributed by atoms with Crippen LogP contribution in [0.2, 0.25) is 0 Å². The molecule has 5 nitrogen and oxygen atoms in total. The average molecular weight is 236 g/mol. The maximum atomic E-state index is 11.6. The zero-order valence-electron chi connectivity index (χ0n) is 11.1. The molecule has 0 saturated carbocycles. The number of amides is 1. The third kappa shape index (κ3) is 3.41. The topological polar surface area (TPSA) is 66.9 Å². The van der Waals surface area contributed by atoms with Crippen molar-refractivity contribution in [1.82, 2.24) is 15.3 Å². The number of carbonyl (C=O) groups excluding carboxylic acids is 1. The number of carbonyl (C=O) groups is 1. The van der Waals surface area contributed by atoms with Gasteiger partial charge in [-0.2, -0.15) is 0 Å². The van der Waals surface area contributed by atoms with Crippen LogP contribution >= 0.6 is 0 Å². The molecule has 5 heteroatoms. The summed E-state index contributed by atoms with van der Waals surface area (Å²) in [6, 6.07) is 0. The first-order valence-electron chi connectivity index (χ1n) is 5.63. The highest BCUT2D eigenvalue weighted by Gasteiger charge is 2.26. The lowest BCUT2D eigenvalue weighted by atomic mass is 9.92. The number of aromatic nitrogens is 2. The molecule has 1 rings (SSSR count). The monoisotopic (exact) mass is 236 g/mol. The normalized spacial score (nSPS) is 11.1. The van der Waals surface area contributed by atoms with Gasteiger partial charge >= 0.3 is 0 Å². The first kappa shape index (κ1) is 13.4. The summed E-state index contributed by atoms with van der Waals surface area (Å²) in [5.41, 5.74) is 1.21. The number of nitrogens with zero attached hydrogens (tertiary/aromatic N) is 2. The van der Waals surface area contributed by atoms with Crippen LogP contribution in [0.1, 0.15) is 25.2 Å². The molecule has 0 unspecified atom stereocenters. The molecule has 0 fully saturated rings. The molecule has 0 bridgehead atoms. The van der Waals surface area contributed by atoms with Crippen molar-refractivity contribution in [3.63, 3.8) is 0 Å². The quantitative estimate of drug-likeness (QED) is 0.826. The van der Waals surface area contributed by atoms with Crippen LogP contribution in [0.5, 0.6) is 0 Å². The SMILES string of the molecule is CNC(=O)C(C)(C)CNc1nc(C)cnc1C. The number of rotatable bonds is 4. The second-order valence-corrected chi connectivity index (χ2v) is 4.76. The molecule has 0 aliphatic heterocycles. The van der Waals surface area contributed by atoms with Gasteiger partial charge in [0.25, 0.3) is 0 Å². The van der Waals surface area contributed by atoms with Gasteiger partial charge in [0.2, 0.25) is 5.91 Å². The molecule has 0 aromatic carbocycles. The molecule has 1 amide bonds. The van der Waals surface area contributed by atoms with Gasteiger partial charge in [-0.1, -0.05) is 0 Å². The Balaban J connectivity index is 2.73. The summed E-state index contributed by atoms with van der Waals surface area (Å²) in [6.07, 6.45) is 1.73. The van der Waals surface area contributed by atoms with E-state index < -0.39 is 5.41 Å². The van der Waals surface area contributed by atoms with Gasteiger partial charge in [-0.15, -0.1) is 0 Å². The van der Waals surface area contributed by atoms with Crippen molar-refractivity contribution in [3.05, 3.63) is 17.6 Å². The molecule has 17 heavy (non-hydrogen) atoms. The fourth-order valence-corrected chi connectivity index (χ4v) is 1.43. The molecule has 2 N–H and O–H groups in total. The molecule has 1 heterocycles. The van der Waals surface area contributed by atoms with E-state index in [1.54, 1.807) is 13.2 Å². The Morgan fingerprint density at radius 1 is 1.41 bits per heavy atom. The Labute approximate surface area is 102 Å². The van der Waals surface area contributed by atoms with Crippen molar-refractivity contribution in [3.8, 4) is 0 Å². The standard InChI is InChI=1S/C12H20N4O/c1-8-6-14-9(2)10(16-8)15-7-12(3,4)11(17)13-5/h6H,7H2,1-5H3,(H,13,17)(H,15,16). The summed E-state index contributed by atoms with van der Waals surface area (Å²) in [4.78, 5) is 20.2. The van der Waals surface area contributed by atoms with E-state index in [1.807, 2.05) is 27.7 Å². The van der Waals surface area contributed by atoms with Crippen LogP contribution in [0.3, 0.4) is 0 Å². The number of hydrogen-bond acceptors (Lipinski definition) is 4. The summed E-state index contributed by atoms with van der Waals surface area (Å²) in [5.74, 6) is 0.741. The minimum Gasteiger partial charge on any atom is -0.368 e. The van der Waals surface area contributed by atoms with Gasteiger partial charge in [0.15, 0.2) is 0 Å². The van der Waals surface area contributed by atoms with E-state index in [0.717, 1.165) is 17.2 Å². The van der Waals surface area contributed by atoms with Crippen molar-refractivity contribution in [1.29, 1.82) is 0 Å². The average Bonchev–Trinajstić information content (AvgIpc) is 2.29. The van der Waals surface area contributed by atoms with Gasteiger partial charge in [-0.3, -0.25) is 9.78 Å². The van der Waals surface area contributed by atoms with E-state index in [4.69, 9.17) is 0 Å². The smallest absolute Gasteiger partial charge is 0.227 e. The largest absolute Gasteiger partial charge is 0.368 e. The summed E-state index contributed by atoms with van der Waals surface area (Å²) in [5, 5.41) is 5.83. The van der Waals surface area contributed by atoms with Crippen LogP contribution in [0.4, 0.5) is 5.82 Å². The second kappa shape index (κ2) is 5.12. The van der Waals surface area contributed by atoms with E-state index in [0.29, 0.717) is 6.54 Å². The van der Waals surface area contributed by atoms with Crippen molar-refractivity contribution in [2.24, 2.45) is 5.41 Å². The summed E-state index contributed by atoms with van der Waals surface area (Å²) in [7, 11) is 1.64. The minimum atomic E-state index is -0.480. The molecule has 0 aliphatic rings. The summed E-state index contributed by atoms with van der Waals surface area (Å²) in [6.45, 7) is 8.07. The minimum absolute atomic E-state index is 0.00302. The Morgan fingerprint density at radius 2 is 2.06 bits per heavy atom. The first-order chi connectivity index (χ1) is 7.86. The number of nitrogens with one attached hydrogen (secondary N) is 2. The number of hydrogen-bond donors (Lipinski definition) is 2. The Kier molecular flexibility index (Phi) is 4.04. The lowest BCUT2D eigenvalue weighted by Crippen LogP contribution is -2.39. The molecular formula is C12H20N4O. The van der Waals surface area contributed by atoms with Gasteiger partial charge < -0.3 is 10.6 Å².